The summed E-state index contributed by atoms with van der Waals surface area (Å²) in [5.41, 5.74) is 1.04. The van der Waals surface area contributed by atoms with Gasteiger partial charge in [0.1, 0.15) is 5.75 Å². The van der Waals surface area contributed by atoms with Gasteiger partial charge in [0, 0.05) is 13.1 Å². The van der Waals surface area contributed by atoms with Crippen molar-refractivity contribution in [2.75, 3.05) is 33.8 Å². The number of nitrogens with zero attached hydrogens (tertiary/aromatic N) is 1. The monoisotopic (exact) mass is 330 g/mol. The number of amides is 1. The quantitative estimate of drug-likeness (QED) is 0.711. The lowest BCUT2D eigenvalue weighted by Crippen LogP contribution is -2.36. The number of hydrogen-bond donors (Lipinski definition) is 2. The zero-order chi connectivity index (χ0) is 15.7. The van der Waals surface area contributed by atoms with Gasteiger partial charge in [-0.3, -0.25) is 14.5 Å². The molecule has 22 heavy (non-hydrogen) atoms. The molecule has 7 heteroatoms. The Kier molecular flexibility index (Phi) is 9.98. The van der Waals surface area contributed by atoms with Crippen molar-refractivity contribution in [2.45, 2.75) is 12.8 Å². The Morgan fingerprint density at radius 1 is 1.32 bits per heavy atom. The fourth-order valence-corrected chi connectivity index (χ4v) is 1.91. The molecule has 0 atom stereocenters. The van der Waals surface area contributed by atoms with Crippen molar-refractivity contribution in [3.63, 3.8) is 0 Å². The maximum absolute atomic E-state index is 11.7. The van der Waals surface area contributed by atoms with Crippen molar-refractivity contribution in [1.82, 2.24) is 10.2 Å². The first-order valence-electron chi connectivity index (χ1n) is 6.82. The summed E-state index contributed by atoms with van der Waals surface area (Å²) >= 11 is 0. The number of carbonyl (C=O) groups excluding carboxylic acids is 1. The summed E-state index contributed by atoms with van der Waals surface area (Å²) in [6.45, 7) is 1.07. The van der Waals surface area contributed by atoms with Crippen molar-refractivity contribution in [2.24, 2.45) is 0 Å². The van der Waals surface area contributed by atoms with Crippen LogP contribution in [0.5, 0.6) is 5.75 Å². The SMILES string of the molecule is COc1ccccc1CCNC(=O)CN(C)CCC(=O)O.Cl. The molecule has 0 fully saturated rings. The summed E-state index contributed by atoms with van der Waals surface area (Å²) in [4.78, 5) is 23.8. The Labute approximate surface area is 136 Å². The molecule has 0 radical (unpaired) electrons. The van der Waals surface area contributed by atoms with Crippen LogP contribution in [-0.2, 0) is 16.0 Å². The number of aliphatic carboxylic acids is 1. The number of methoxy groups -OCH3 is 1. The van der Waals surface area contributed by atoms with E-state index in [2.05, 4.69) is 5.32 Å². The Morgan fingerprint density at radius 2 is 2.00 bits per heavy atom. The van der Waals surface area contributed by atoms with Crippen LogP contribution in [0.2, 0.25) is 0 Å². The fraction of sp³-hybridized carbons (Fsp3) is 0.467. The summed E-state index contributed by atoms with van der Waals surface area (Å²) in [5, 5.41) is 11.4. The lowest BCUT2D eigenvalue weighted by molar-refractivity contribution is -0.137. The minimum absolute atomic E-state index is 0. The Morgan fingerprint density at radius 3 is 2.64 bits per heavy atom. The van der Waals surface area contributed by atoms with Crippen LogP contribution in [0.25, 0.3) is 0 Å². The number of nitrogens with one attached hydrogen (secondary N) is 1. The van der Waals surface area contributed by atoms with Crippen molar-refractivity contribution >= 4 is 24.3 Å². The van der Waals surface area contributed by atoms with Crippen molar-refractivity contribution in [3.8, 4) is 5.75 Å². The second-order valence-corrected chi connectivity index (χ2v) is 4.79. The molecular formula is C15H23ClN2O4. The van der Waals surface area contributed by atoms with Crippen LogP contribution in [0, 0.1) is 0 Å². The number of carbonyl (C=O) groups is 2. The number of para-hydroxylation sites is 1. The molecule has 0 saturated carbocycles. The molecule has 0 aliphatic rings. The number of carboxylic acids is 1. The first kappa shape index (κ1) is 20.2. The van der Waals surface area contributed by atoms with Crippen LogP contribution in [-0.4, -0.2) is 55.7 Å². The molecule has 0 heterocycles. The van der Waals surface area contributed by atoms with Gasteiger partial charge in [0.15, 0.2) is 0 Å². The molecule has 0 aromatic heterocycles. The van der Waals surface area contributed by atoms with E-state index in [4.69, 9.17) is 9.84 Å². The van der Waals surface area contributed by atoms with E-state index in [0.29, 0.717) is 19.5 Å². The average Bonchev–Trinajstić information content (AvgIpc) is 2.45. The van der Waals surface area contributed by atoms with E-state index >= 15 is 0 Å². The van der Waals surface area contributed by atoms with Crippen molar-refractivity contribution < 1.29 is 19.4 Å². The van der Waals surface area contributed by atoms with Gasteiger partial charge in [-0.25, -0.2) is 0 Å². The van der Waals surface area contributed by atoms with Gasteiger partial charge in [-0.2, -0.15) is 0 Å². The van der Waals surface area contributed by atoms with Gasteiger partial charge in [0.2, 0.25) is 5.91 Å². The highest BCUT2D eigenvalue weighted by atomic mass is 35.5. The van der Waals surface area contributed by atoms with Crippen LogP contribution in [0.15, 0.2) is 24.3 Å². The largest absolute Gasteiger partial charge is 0.496 e. The van der Waals surface area contributed by atoms with E-state index in [1.807, 2.05) is 24.3 Å². The third-order valence-corrected chi connectivity index (χ3v) is 3.03. The van der Waals surface area contributed by atoms with E-state index in [1.165, 1.54) is 0 Å². The molecule has 1 aromatic rings. The summed E-state index contributed by atoms with van der Waals surface area (Å²) in [5.74, 6) is -0.165. The van der Waals surface area contributed by atoms with Crippen LogP contribution in [0.4, 0.5) is 0 Å². The zero-order valence-corrected chi connectivity index (χ0v) is 13.7. The highest BCUT2D eigenvalue weighted by molar-refractivity contribution is 5.85. The zero-order valence-electron chi connectivity index (χ0n) is 12.9. The van der Waals surface area contributed by atoms with Crippen LogP contribution in [0.1, 0.15) is 12.0 Å². The Bertz CT molecular complexity index is 482. The standard InChI is InChI=1S/C15H22N2O4.ClH/c1-17(10-8-15(19)20)11-14(18)16-9-7-12-5-3-4-6-13(12)21-2;/h3-6H,7-11H2,1-2H3,(H,16,18)(H,19,20);1H. The van der Waals surface area contributed by atoms with Crippen LogP contribution < -0.4 is 10.1 Å². The van der Waals surface area contributed by atoms with Gasteiger partial charge in [-0.05, 0) is 25.1 Å². The minimum Gasteiger partial charge on any atom is -0.496 e. The molecular weight excluding hydrogens is 308 g/mol. The second kappa shape index (κ2) is 10.9. The molecule has 2 N–H and O–H groups in total. The topological polar surface area (TPSA) is 78.9 Å². The van der Waals surface area contributed by atoms with Crippen molar-refractivity contribution in [3.05, 3.63) is 29.8 Å². The Hall–Kier alpha value is -1.79. The van der Waals surface area contributed by atoms with E-state index in [1.54, 1.807) is 19.1 Å². The van der Waals surface area contributed by atoms with E-state index in [-0.39, 0.29) is 31.3 Å². The number of rotatable bonds is 9. The first-order valence-corrected chi connectivity index (χ1v) is 6.82. The molecule has 1 amide bonds. The summed E-state index contributed by atoms with van der Waals surface area (Å²) < 4.78 is 5.25. The van der Waals surface area contributed by atoms with Crippen molar-refractivity contribution in [1.29, 1.82) is 0 Å². The maximum Gasteiger partial charge on any atom is 0.304 e. The number of ether oxygens (including phenoxy) is 1. The predicted molar refractivity (Wildman–Crippen MR) is 86.7 cm³/mol. The highest BCUT2D eigenvalue weighted by Crippen LogP contribution is 2.17. The molecule has 0 spiro atoms. The summed E-state index contributed by atoms with van der Waals surface area (Å²) in [6.07, 6.45) is 0.722. The number of halogens is 1. The first-order chi connectivity index (χ1) is 10.0. The molecule has 6 nitrogen and oxygen atoms in total. The smallest absolute Gasteiger partial charge is 0.304 e. The normalized spacial score (nSPS) is 9.95. The maximum atomic E-state index is 11.7. The van der Waals surface area contributed by atoms with Gasteiger partial charge >= 0.3 is 5.97 Å². The minimum atomic E-state index is -0.863. The molecule has 0 unspecified atom stereocenters. The van der Waals surface area contributed by atoms with E-state index in [9.17, 15) is 9.59 Å². The molecule has 0 bridgehead atoms. The summed E-state index contributed by atoms with van der Waals surface area (Å²) in [7, 11) is 3.34. The number of likely N-dealkylation sites (N-methyl/N-ethyl adjacent to an activating group) is 1. The molecule has 0 aliphatic heterocycles. The average molecular weight is 331 g/mol. The fourth-order valence-electron chi connectivity index (χ4n) is 1.91. The van der Waals surface area contributed by atoms with E-state index < -0.39 is 5.97 Å². The van der Waals surface area contributed by atoms with Gasteiger partial charge in [-0.15, -0.1) is 12.4 Å². The predicted octanol–water partition coefficient (Wildman–Crippen LogP) is 1.18. The third kappa shape index (κ3) is 7.85. The van der Waals surface area contributed by atoms with E-state index in [0.717, 1.165) is 11.3 Å². The van der Waals surface area contributed by atoms with Crippen LogP contribution in [0.3, 0.4) is 0 Å². The number of carboxylic acid groups (broad SMARTS) is 1. The second-order valence-electron chi connectivity index (χ2n) is 4.79. The molecule has 0 aliphatic carbocycles. The number of benzene rings is 1. The number of hydrogen-bond acceptors (Lipinski definition) is 4. The summed E-state index contributed by atoms with van der Waals surface area (Å²) in [6, 6.07) is 7.68. The van der Waals surface area contributed by atoms with Crippen LogP contribution >= 0.6 is 12.4 Å². The third-order valence-electron chi connectivity index (χ3n) is 3.03. The lowest BCUT2D eigenvalue weighted by atomic mass is 10.1. The lowest BCUT2D eigenvalue weighted by Gasteiger charge is -2.15. The van der Waals surface area contributed by atoms with Gasteiger partial charge in [-0.1, -0.05) is 18.2 Å². The Balaban J connectivity index is 0.00000441. The van der Waals surface area contributed by atoms with Gasteiger partial charge < -0.3 is 15.2 Å². The molecule has 1 aromatic carbocycles. The molecule has 0 saturated heterocycles. The molecule has 1 rings (SSSR count). The van der Waals surface area contributed by atoms with Gasteiger partial charge in [0.05, 0.1) is 20.1 Å². The molecule has 124 valence electrons. The highest BCUT2D eigenvalue weighted by Gasteiger charge is 2.08. The van der Waals surface area contributed by atoms with Gasteiger partial charge in [0.25, 0.3) is 0 Å².